The number of rotatable bonds is 6. The summed E-state index contributed by atoms with van der Waals surface area (Å²) in [6.07, 6.45) is 1.97. The van der Waals surface area contributed by atoms with E-state index >= 15 is 0 Å². The lowest BCUT2D eigenvalue weighted by Gasteiger charge is -2.26. The van der Waals surface area contributed by atoms with Crippen molar-refractivity contribution < 1.29 is 17.9 Å². The third-order valence-corrected chi connectivity index (χ3v) is 5.31. The highest BCUT2D eigenvalue weighted by molar-refractivity contribution is 7.92. The number of nitrogens with one attached hydrogen (secondary N) is 2. The van der Waals surface area contributed by atoms with E-state index in [4.69, 9.17) is 4.74 Å². The maximum Gasteiger partial charge on any atom is 0.265 e. The molecule has 6 nitrogen and oxygen atoms in total. The van der Waals surface area contributed by atoms with Gasteiger partial charge < -0.3 is 10.1 Å². The fourth-order valence-corrected chi connectivity index (χ4v) is 3.68. The molecule has 3 rings (SSSR count). The van der Waals surface area contributed by atoms with Gasteiger partial charge in [0.25, 0.3) is 15.9 Å². The molecule has 1 heterocycles. The molecule has 1 amide bonds. The monoisotopic (exact) mass is 360 g/mol. The van der Waals surface area contributed by atoms with Crippen LogP contribution >= 0.6 is 0 Å². The van der Waals surface area contributed by atoms with Crippen LogP contribution in [0.1, 0.15) is 26.2 Å². The van der Waals surface area contributed by atoms with E-state index in [0.717, 1.165) is 12.8 Å². The highest BCUT2D eigenvalue weighted by Crippen LogP contribution is 2.33. The molecule has 2 aromatic carbocycles. The standard InChI is InChI=1S/C18H20N2O4S/c1-2-3-9-17-18(21)19-15-12-14(10-11-16(15)24-17)25(22,23)20-13-7-5-4-6-8-13/h4-8,10-12,17,20H,2-3,9H2,1H3,(H,19,21). The molecule has 0 aliphatic carbocycles. The van der Waals surface area contributed by atoms with E-state index in [0.29, 0.717) is 23.5 Å². The fraction of sp³-hybridized carbons (Fsp3) is 0.278. The van der Waals surface area contributed by atoms with Gasteiger partial charge in [-0.15, -0.1) is 0 Å². The molecule has 132 valence electrons. The van der Waals surface area contributed by atoms with Crippen molar-refractivity contribution in [1.82, 2.24) is 0 Å². The molecular formula is C18H20N2O4S. The zero-order valence-corrected chi connectivity index (χ0v) is 14.7. The van der Waals surface area contributed by atoms with Gasteiger partial charge in [0.15, 0.2) is 6.10 Å². The van der Waals surface area contributed by atoms with Gasteiger partial charge in [0, 0.05) is 5.69 Å². The predicted octanol–water partition coefficient (Wildman–Crippen LogP) is 3.38. The van der Waals surface area contributed by atoms with Crippen LogP contribution in [0.4, 0.5) is 11.4 Å². The van der Waals surface area contributed by atoms with Gasteiger partial charge in [-0.1, -0.05) is 31.5 Å². The maximum absolute atomic E-state index is 12.5. The quantitative estimate of drug-likeness (QED) is 0.827. The molecule has 0 saturated carbocycles. The number of hydrogen-bond donors (Lipinski definition) is 2. The normalized spacial score (nSPS) is 16.5. The predicted molar refractivity (Wildman–Crippen MR) is 96.3 cm³/mol. The van der Waals surface area contributed by atoms with Crippen LogP contribution in [0.5, 0.6) is 5.75 Å². The number of anilines is 2. The zero-order valence-electron chi connectivity index (χ0n) is 13.9. The lowest BCUT2D eigenvalue weighted by Crippen LogP contribution is -2.37. The van der Waals surface area contributed by atoms with Crippen LogP contribution in [-0.4, -0.2) is 20.4 Å². The Labute approximate surface area is 147 Å². The second-order valence-corrected chi connectivity index (χ2v) is 7.55. The Morgan fingerprint density at radius 1 is 1.16 bits per heavy atom. The van der Waals surface area contributed by atoms with Crippen LogP contribution in [0.15, 0.2) is 53.4 Å². The highest BCUT2D eigenvalue weighted by atomic mass is 32.2. The zero-order chi connectivity index (χ0) is 17.9. The molecule has 1 aliphatic rings. The third kappa shape index (κ3) is 3.93. The summed E-state index contributed by atoms with van der Waals surface area (Å²) in [5, 5.41) is 2.74. The molecule has 0 bridgehead atoms. The van der Waals surface area contributed by atoms with Gasteiger partial charge in [-0.05, 0) is 43.2 Å². The summed E-state index contributed by atoms with van der Waals surface area (Å²) >= 11 is 0. The molecule has 0 saturated heterocycles. The van der Waals surface area contributed by atoms with Crippen LogP contribution in [0.25, 0.3) is 0 Å². The number of sulfonamides is 1. The number of para-hydroxylation sites is 1. The van der Waals surface area contributed by atoms with E-state index < -0.39 is 16.1 Å². The number of carbonyl (C=O) groups excluding carboxylic acids is 1. The van der Waals surface area contributed by atoms with Crippen LogP contribution in [0, 0.1) is 0 Å². The molecule has 1 unspecified atom stereocenters. The molecule has 1 atom stereocenters. The lowest BCUT2D eigenvalue weighted by molar-refractivity contribution is -0.123. The van der Waals surface area contributed by atoms with Gasteiger partial charge in [-0.2, -0.15) is 0 Å². The highest BCUT2D eigenvalue weighted by Gasteiger charge is 2.28. The number of carbonyl (C=O) groups is 1. The molecule has 1 aliphatic heterocycles. The van der Waals surface area contributed by atoms with E-state index in [-0.39, 0.29) is 10.8 Å². The molecule has 0 aromatic heterocycles. The van der Waals surface area contributed by atoms with Gasteiger partial charge in [0.05, 0.1) is 10.6 Å². The molecule has 0 spiro atoms. The molecular weight excluding hydrogens is 340 g/mol. The number of benzene rings is 2. The molecule has 7 heteroatoms. The Morgan fingerprint density at radius 3 is 2.64 bits per heavy atom. The van der Waals surface area contributed by atoms with Crippen LogP contribution in [0.2, 0.25) is 0 Å². The molecule has 25 heavy (non-hydrogen) atoms. The van der Waals surface area contributed by atoms with Crippen LogP contribution in [-0.2, 0) is 14.8 Å². The van der Waals surface area contributed by atoms with Crippen molar-refractivity contribution in [3.8, 4) is 5.75 Å². The largest absolute Gasteiger partial charge is 0.478 e. The van der Waals surface area contributed by atoms with Gasteiger partial charge in [0.2, 0.25) is 0 Å². The first-order valence-corrected chi connectivity index (χ1v) is 9.67. The summed E-state index contributed by atoms with van der Waals surface area (Å²) in [7, 11) is -3.75. The van der Waals surface area contributed by atoms with Crippen molar-refractivity contribution in [1.29, 1.82) is 0 Å². The Kier molecular flexibility index (Phi) is 4.94. The van der Waals surface area contributed by atoms with Gasteiger partial charge >= 0.3 is 0 Å². The Balaban J connectivity index is 1.82. The SMILES string of the molecule is CCCCC1Oc2ccc(S(=O)(=O)Nc3ccccc3)cc2NC1=O. The first-order chi connectivity index (χ1) is 12.0. The van der Waals surface area contributed by atoms with Crippen molar-refractivity contribution in [2.45, 2.75) is 37.2 Å². The first kappa shape index (κ1) is 17.3. The average Bonchev–Trinajstić information content (AvgIpc) is 2.60. The molecule has 2 aromatic rings. The van der Waals surface area contributed by atoms with E-state index in [1.165, 1.54) is 12.1 Å². The lowest BCUT2D eigenvalue weighted by atomic mass is 10.1. The topological polar surface area (TPSA) is 84.5 Å². The van der Waals surface area contributed by atoms with Gasteiger partial charge in [-0.25, -0.2) is 8.42 Å². The summed E-state index contributed by atoms with van der Waals surface area (Å²) in [6, 6.07) is 13.1. The molecule has 0 fully saturated rings. The van der Waals surface area contributed by atoms with Crippen LogP contribution < -0.4 is 14.8 Å². The van der Waals surface area contributed by atoms with Crippen molar-refractivity contribution in [2.24, 2.45) is 0 Å². The summed E-state index contributed by atoms with van der Waals surface area (Å²) in [5.41, 5.74) is 0.842. The van der Waals surface area contributed by atoms with Crippen molar-refractivity contribution in [2.75, 3.05) is 10.0 Å². The van der Waals surface area contributed by atoms with Gasteiger partial charge in [0.1, 0.15) is 5.75 Å². The summed E-state index contributed by atoms with van der Waals surface area (Å²) in [4.78, 5) is 12.2. The van der Waals surface area contributed by atoms with Crippen LogP contribution in [0.3, 0.4) is 0 Å². The van der Waals surface area contributed by atoms with E-state index in [1.54, 1.807) is 36.4 Å². The average molecular weight is 360 g/mol. The summed E-state index contributed by atoms with van der Waals surface area (Å²) in [6.45, 7) is 2.05. The van der Waals surface area contributed by atoms with E-state index in [1.807, 2.05) is 6.92 Å². The minimum atomic E-state index is -3.75. The first-order valence-electron chi connectivity index (χ1n) is 8.19. The number of ether oxygens (including phenoxy) is 1. The van der Waals surface area contributed by atoms with Gasteiger partial charge in [-0.3, -0.25) is 9.52 Å². The number of amides is 1. The number of unbranched alkanes of at least 4 members (excludes halogenated alkanes) is 1. The minimum absolute atomic E-state index is 0.0611. The third-order valence-electron chi connectivity index (χ3n) is 3.93. The summed E-state index contributed by atoms with van der Waals surface area (Å²) in [5.74, 6) is 0.242. The maximum atomic E-state index is 12.5. The Bertz CT molecular complexity index is 866. The minimum Gasteiger partial charge on any atom is -0.478 e. The molecule has 0 radical (unpaired) electrons. The Hall–Kier alpha value is -2.54. The number of hydrogen-bond acceptors (Lipinski definition) is 4. The second kappa shape index (κ2) is 7.14. The van der Waals surface area contributed by atoms with Crippen molar-refractivity contribution in [3.05, 3.63) is 48.5 Å². The number of fused-ring (bicyclic) bond motifs is 1. The Morgan fingerprint density at radius 2 is 1.92 bits per heavy atom. The van der Waals surface area contributed by atoms with E-state index in [9.17, 15) is 13.2 Å². The molecule has 2 N–H and O–H groups in total. The summed E-state index contributed by atoms with van der Waals surface area (Å²) < 4.78 is 33.2. The fourth-order valence-electron chi connectivity index (χ4n) is 2.60. The van der Waals surface area contributed by atoms with E-state index in [2.05, 4.69) is 10.0 Å². The van der Waals surface area contributed by atoms with Crippen molar-refractivity contribution >= 4 is 27.3 Å². The smallest absolute Gasteiger partial charge is 0.265 e. The second-order valence-electron chi connectivity index (χ2n) is 5.87. The van der Waals surface area contributed by atoms with Crippen molar-refractivity contribution in [3.63, 3.8) is 0 Å².